The lowest BCUT2D eigenvalue weighted by Gasteiger charge is -2.31. The third-order valence-electron chi connectivity index (χ3n) is 6.60. The van der Waals surface area contributed by atoms with Crippen molar-refractivity contribution in [3.63, 3.8) is 0 Å². The quantitative estimate of drug-likeness (QED) is 0.0987. The Morgan fingerprint density at radius 2 is 1.90 bits per heavy atom. The van der Waals surface area contributed by atoms with Crippen molar-refractivity contribution in [1.29, 1.82) is 0 Å². The normalized spacial score (nSPS) is 17.9. The Balaban J connectivity index is 1.81. The average molecular weight is 607 g/mol. The van der Waals surface area contributed by atoms with E-state index in [-0.39, 0.29) is 18.9 Å². The number of nitrogens with zero attached hydrogens (tertiary/aromatic N) is 4. The number of ether oxygens (including phenoxy) is 2. The molecule has 0 bridgehead atoms. The maximum Gasteiger partial charge on any atom is 0.252 e. The molecule has 3 aromatic rings. The highest BCUT2D eigenvalue weighted by Crippen LogP contribution is 2.45. The Hall–Kier alpha value is -3.85. The summed E-state index contributed by atoms with van der Waals surface area (Å²) in [6.07, 6.45) is 1.71. The van der Waals surface area contributed by atoms with E-state index in [0.717, 1.165) is 22.9 Å². The Morgan fingerprint density at radius 1 is 1.15 bits per heavy atom. The highest BCUT2D eigenvalue weighted by Gasteiger charge is 2.53. The summed E-state index contributed by atoms with van der Waals surface area (Å²) in [5.74, 6) is 0.702. The zero-order chi connectivity index (χ0) is 28.4. The summed E-state index contributed by atoms with van der Waals surface area (Å²) >= 11 is 3.48. The van der Waals surface area contributed by atoms with Crippen LogP contribution in [0.5, 0.6) is 5.75 Å². The lowest BCUT2D eigenvalue weighted by molar-refractivity contribution is -0.128. The summed E-state index contributed by atoms with van der Waals surface area (Å²) in [4.78, 5) is 22.1. The molecule has 4 rings (SSSR count). The standard InChI is InChI=1S/C30H32BrN5O4/c1-2-3-17-33-29(38)30(20-21-9-13-23(31)14-10-21)27(25-7-4-5-8-26(25)35-36-32)40-28(34-30)22-11-15-24(16-12-22)39-19-6-18-37/h4-5,7-16,27,37H,2-3,6,17-20H2,1H3,(H,33,38)/t27-,30-/m1/s1. The molecular weight excluding hydrogens is 574 g/mol. The number of nitrogens with one attached hydrogen (secondary N) is 1. The lowest BCUT2D eigenvalue weighted by Crippen LogP contribution is -2.50. The van der Waals surface area contributed by atoms with E-state index in [1.165, 1.54) is 0 Å². The van der Waals surface area contributed by atoms with Crippen LogP contribution in [0, 0.1) is 0 Å². The first-order valence-electron chi connectivity index (χ1n) is 13.3. The van der Waals surface area contributed by atoms with Crippen LogP contribution in [0.1, 0.15) is 49.0 Å². The van der Waals surface area contributed by atoms with Gasteiger partial charge in [-0.3, -0.25) is 4.79 Å². The number of rotatable bonds is 13. The predicted molar refractivity (Wildman–Crippen MR) is 158 cm³/mol. The molecule has 40 heavy (non-hydrogen) atoms. The Kier molecular flexibility index (Phi) is 10.2. The van der Waals surface area contributed by atoms with Crippen molar-refractivity contribution in [1.82, 2.24) is 5.32 Å². The molecule has 0 unspecified atom stereocenters. The number of unbranched alkanes of at least 4 members (excludes halogenated alkanes) is 1. The van der Waals surface area contributed by atoms with Crippen molar-refractivity contribution in [3.8, 4) is 5.75 Å². The van der Waals surface area contributed by atoms with E-state index in [1.807, 2.05) is 42.5 Å². The summed E-state index contributed by atoms with van der Waals surface area (Å²) in [5, 5.41) is 16.0. The number of halogens is 1. The van der Waals surface area contributed by atoms with Crippen molar-refractivity contribution in [2.45, 2.75) is 44.2 Å². The molecule has 2 N–H and O–H groups in total. The van der Waals surface area contributed by atoms with Gasteiger partial charge in [0.2, 0.25) is 5.90 Å². The van der Waals surface area contributed by atoms with Gasteiger partial charge >= 0.3 is 0 Å². The highest BCUT2D eigenvalue weighted by molar-refractivity contribution is 9.10. The van der Waals surface area contributed by atoms with Crippen molar-refractivity contribution in [3.05, 3.63) is 104 Å². The van der Waals surface area contributed by atoms with Crippen LogP contribution in [0.2, 0.25) is 0 Å². The second-order valence-corrected chi connectivity index (χ2v) is 10.4. The summed E-state index contributed by atoms with van der Waals surface area (Å²) in [7, 11) is 0. The van der Waals surface area contributed by atoms with Crippen LogP contribution in [0.3, 0.4) is 0 Å². The molecule has 0 saturated carbocycles. The zero-order valence-electron chi connectivity index (χ0n) is 22.3. The molecule has 2 atom stereocenters. The molecule has 1 heterocycles. The fourth-order valence-corrected chi connectivity index (χ4v) is 4.82. The molecule has 1 amide bonds. The van der Waals surface area contributed by atoms with Crippen LogP contribution < -0.4 is 10.1 Å². The Labute approximate surface area is 242 Å². The number of aliphatic imine (C=N–C) groups is 1. The van der Waals surface area contributed by atoms with Gasteiger partial charge in [0.1, 0.15) is 5.75 Å². The van der Waals surface area contributed by atoms with Gasteiger partial charge in [0.05, 0.1) is 6.61 Å². The maximum atomic E-state index is 14.1. The summed E-state index contributed by atoms with van der Waals surface area (Å²) in [6.45, 7) is 3.03. The fraction of sp³-hybridized carbons (Fsp3) is 0.333. The van der Waals surface area contributed by atoms with E-state index >= 15 is 0 Å². The van der Waals surface area contributed by atoms with Gasteiger partial charge in [0.15, 0.2) is 11.6 Å². The third-order valence-corrected chi connectivity index (χ3v) is 7.13. The van der Waals surface area contributed by atoms with Crippen LogP contribution in [-0.2, 0) is 16.0 Å². The number of azide groups is 1. The highest BCUT2D eigenvalue weighted by atomic mass is 79.9. The number of hydrogen-bond donors (Lipinski definition) is 2. The minimum absolute atomic E-state index is 0.0577. The number of carbonyl (C=O) groups is 1. The number of hydrogen-bond acceptors (Lipinski definition) is 6. The number of aliphatic hydroxyl groups excluding tert-OH is 1. The molecule has 1 aliphatic heterocycles. The van der Waals surface area contributed by atoms with Gasteiger partial charge in [0.25, 0.3) is 5.91 Å². The van der Waals surface area contributed by atoms with Gasteiger partial charge in [-0.1, -0.05) is 70.8 Å². The van der Waals surface area contributed by atoms with Gasteiger partial charge in [-0.15, -0.1) is 0 Å². The summed E-state index contributed by atoms with van der Waals surface area (Å²) < 4.78 is 13.1. The smallest absolute Gasteiger partial charge is 0.252 e. The van der Waals surface area contributed by atoms with E-state index < -0.39 is 11.6 Å². The van der Waals surface area contributed by atoms with Gasteiger partial charge in [-0.05, 0) is 53.9 Å². The zero-order valence-corrected chi connectivity index (χ0v) is 23.9. The van der Waals surface area contributed by atoms with Crippen molar-refractivity contribution < 1.29 is 19.4 Å². The molecule has 10 heteroatoms. The number of carbonyl (C=O) groups excluding carboxylic acids is 1. The lowest BCUT2D eigenvalue weighted by atomic mass is 9.81. The van der Waals surface area contributed by atoms with E-state index in [2.05, 4.69) is 38.2 Å². The van der Waals surface area contributed by atoms with Gasteiger partial charge in [-0.25, -0.2) is 4.99 Å². The molecule has 1 aliphatic rings. The van der Waals surface area contributed by atoms with Crippen LogP contribution in [0.25, 0.3) is 10.4 Å². The second-order valence-electron chi connectivity index (χ2n) is 9.45. The number of benzene rings is 3. The van der Waals surface area contributed by atoms with E-state index in [4.69, 9.17) is 19.6 Å². The van der Waals surface area contributed by atoms with Crippen LogP contribution >= 0.6 is 15.9 Å². The van der Waals surface area contributed by atoms with Gasteiger partial charge < -0.3 is 19.9 Å². The minimum atomic E-state index is -1.37. The van der Waals surface area contributed by atoms with Crippen molar-refractivity contribution in [2.75, 3.05) is 19.8 Å². The monoisotopic (exact) mass is 605 g/mol. The predicted octanol–water partition coefficient (Wildman–Crippen LogP) is 6.57. The van der Waals surface area contributed by atoms with Crippen molar-refractivity contribution >= 4 is 33.4 Å². The van der Waals surface area contributed by atoms with Gasteiger partial charge in [-0.2, -0.15) is 0 Å². The summed E-state index contributed by atoms with van der Waals surface area (Å²) in [5.41, 5.74) is 10.4. The number of amides is 1. The molecule has 0 spiro atoms. The first-order chi connectivity index (χ1) is 19.5. The first-order valence-corrected chi connectivity index (χ1v) is 14.1. The molecule has 208 valence electrons. The van der Waals surface area contributed by atoms with E-state index in [1.54, 1.807) is 30.3 Å². The van der Waals surface area contributed by atoms with Crippen LogP contribution in [-0.4, -0.2) is 42.2 Å². The average Bonchev–Trinajstić information content (AvgIpc) is 3.35. The van der Waals surface area contributed by atoms with Crippen LogP contribution in [0.15, 0.2) is 87.4 Å². The third kappa shape index (κ3) is 6.83. The molecule has 0 radical (unpaired) electrons. The first kappa shape index (κ1) is 29.1. The fourth-order valence-electron chi connectivity index (χ4n) is 4.55. The molecular formula is C30H32BrN5O4. The number of aliphatic hydroxyl groups is 1. The molecule has 0 aliphatic carbocycles. The molecule has 0 saturated heterocycles. The maximum absolute atomic E-state index is 14.1. The van der Waals surface area contributed by atoms with Crippen LogP contribution in [0.4, 0.5) is 5.69 Å². The van der Waals surface area contributed by atoms with Crippen molar-refractivity contribution in [2.24, 2.45) is 10.1 Å². The molecule has 9 nitrogen and oxygen atoms in total. The Morgan fingerprint density at radius 3 is 2.60 bits per heavy atom. The van der Waals surface area contributed by atoms with E-state index in [0.29, 0.717) is 48.0 Å². The second kappa shape index (κ2) is 14.0. The summed E-state index contributed by atoms with van der Waals surface area (Å²) in [6, 6.07) is 22.1. The van der Waals surface area contributed by atoms with E-state index in [9.17, 15) is 10.3 Å². The van der Waals surface area contributed by atoms with Gasteiger partial charge in [0, 0.05) is 52.2 Å². The molecule has 3 aromatic carbocycles. The molecule has 0 aromatic heterocycles. The molecule has 0 fully saturated rings. The largest absolute Gasteiger partial charge is 0.494 e. The minimum Gasteiger partial charge on any atom is -0.494 e. The topological polar surface area (TPSA) is 129 Å². The Bertz CT molecular complexity index is 1370. The SMILES string of the molecule is CCCCNC(=O)[C@]1(Cc2ccc(Br)cc2)N=C(c2ccc(OCCCO)cc2)O[C@@H]1c1ccccc1N=[N+]=[N-].